The van der Waals surface area contributed by atoms with Crippen molar-refractivity contribution in [1.82, 2.24) is 9.80 Å². The summed E-state index contributed by atoms with van der Waals surface area (Å²) in [6, 6.07) is 8.02. The van der Waals surface area contributed by atoms with E-state index in [1.807, 2.05) is 12.1 Å². The van der Waals surface area contributed by atoms with Gasteiger partial charge in [-0.15, -0.1) is 0 Å². The highest BCUT2D eigenvalue weighted by atomic mass is 16.4. The van der Waals surface area contributed by atoms with Crippen LogP contribution in [0.15, 0.2) is 24.3 Å². The van der Waals surface area contributed by atoms with E-state index in [-0.39, 0.29) is 0 Å². The second kappa shape index (κ2) is 7.57. The number of carboxylic acids is 1. The van der Waals surface area contributed by atoms with E-state index >= 15 is 0 Å². The lowest BCUT2D eigenvalue weighted by Gasteiger charge is -2.34. The van der Waals surface area contributed by atoms with E-state index in [9.17, 15) is 4.79 Å². The fraction of sp³-hybridized carbons (Fsp3) is 0.588. The third kappa shape index (κ3) is 4.55. The summed E-state index contributed by atoms with van der Waals surface area (Å²) in [4.78, 5) is 16.0. The van der Waals surface area contributed by atoms with E-state index in [4.69, 9.17) is 5.11 Å². The number of nitrogens with zero attached hydrogens (tertiary/aromatic N) is 2. The standard InChI is InChI=1S/C17H26N2O2/c1-3-8-18-9-11-19(12-10-18)13-15-4-6-16(7-5-15)14(2)17(20)21/h4-7,14H,3,8-13H2,1-2H3,(H,20,21). The molecule has 1 aromatic carbocycles. The highest BCUT2D eigenvalue weighted by Gasteiger charge is 2.17. The van der Waals surface area contributed by atoms with Crippen LogP contribution < -0.4 is 0 Å². The van der Waals surface area contributed by atoms with Gasteiger partial charge in [-0.1, -0.05) is 31.2 Å². The van der Waals surface area contributed by atoms with Crippen LogP contribution in [0.4, 0.5) is 0 Å². The van der Waals surface area contributed by atoms with Crippen LogP contribution in [0.2, 0.25) is 0 Å². The number of carbonyl (C=O) groups is 1. The van der Waals surface area contributed by atoms with Crippen LogP contribution in [0.3, 0.4) is 0 Å². The highest BCUT2D eigenvalue weighted by Crippen LogP contribution is 2.17. The van der Waals surface area contributed by atoms with Crippen molar-refractivity contribution in [2.24, 2.45) is 0 Å². The molecule has 1 aliphatic heterocycles. The fourth-order valence-corrected chi connectivity index (χ4v) is 2.80. The Bertz CT molecular complexity index is 450. The lowest BCUT2D eigenvalue weighted by Crippen LogP contribution is -2.45. The summed E-state index contributed by atoms with van der Waals surface area (Å²) in [6.45, 7) is 10.7. The quantitative estimate of drug-likeness (QED) is 0.874. The number of carboxylic acid groups (broad SMARTS) is 1. The van der Waals surface area contributed by atoms with Crippen LogP contribution in [-0.2, 0) is 11.3 Å². The Morgan fingerprint density at radius 1 is 1.14 bits per heavy atom. The summed E-state index contributed by atoms with van der Waals surface area (Å²) in [5, 5.41) is 9.02. The third-order valence-electron chi connectivity index (χ3n) is 4.26. The first-order valence-electron chi connectivity index (χ1n) is 7.86. The van der Waals surface area contributed by atoms with Crippen molar-refractivity contribution in [3.05, 3.63) is 35.4 Å². The van der Waals surface area contributed by atoms with Gasteiger partial charge in [-0.2, -0.15) is 0 Å². The molecule has 0 aliphatic carbocycles. The van der Waals surface area contributed by atoms with Crippen LogP contribution in [0.5, 0.6) is 0 Å². The SMILES string of the molecule is CCCN1CCN(Cc2ccc(C(C)C(=O)O)cc2)CC1. The Morgan fingerprint density at radius 3 is 2.24 bits per heavy atom. The molecule has 116 valence electrons. The number of rotatable bonds is 6. The molecule has 0 radical (unpaired) electrons. The minimum atomic E-state index is -0.769. The zero-order chi connectivity index (χ0) is 15.2. The number of aliphatic carboxylic acids is 1. The van der Waals surface area contributed by atoms with Crippen molar-refractivity contribution < 1.29 is 9.90 Å². The summed E-state index contributed by atoms with van der Waals surface area (Å²) in [6.07, 6.45) is 1.23. The minimum absolute atomic E-state index is 0.434. The van der Waals surface area contributed by atoms with Gasteiger partial charge < -0.3 is 10.0 Å². The number of benzene rings is 1. The van der Waals surface area contributed by atoms with Crippen molar-refractivity contribution in [3.63, 3.8) is 0 Å². The van der Waals surface area contributed by atoms with E-state index in [0.29, 0.717) is 0 Å². The average molecular weight is 290 g/mol. The highest BCUT2D eigenvalue weighted by molar-refractivity contribution is 5.75. The molecule has 0 spiro atoms. The average Bonchev–Trinajstić information content (AvgIpc) is 2.49. The summed E-state index contributed by atoms with van der Waals surface area (Å²) in [5.74, 6) is -1.20. The summed E-state index contributed by atoms with van der Waals surface area (Å²) >= 11 is 0. The van der Waals surface area contributed by atoms with Crippen molar-refractivity contribution in [2.75, 3.05) is 32.7 Å². The van der Waals surface area contributed by atoms with Crippen molar-refractivity contribution in [3.8, 4) is 0 Å². The molecule has 1 aliphatic rings. The lowest BCUT2D eigenvalue weighted by molar-refractivity contribution is -0.138. The van der Waals surface area contributed by atoms with Crippen molar-refractivity contribution in [2.45, 2.75) is 32.7 Å². The van der Waals surface area contributed by atoms with Gasteiger partial charge in [0, 0.05) is 32.7 Å². The maximum absolute atomic E-state index is 11.0. The van der Waals surface area contributed by atoms with Crippen LogP contribution in [0.25, 0.3) is 0 Å². The number of piperazine rings is 1. The molecule has 1 fully saturated rings. The lowest BCUT2D eigenvalue weighted by atomic mass is 10.00. The number of hydrogen-bond donors (Lipinski definition) is 1. The Kier molecular flexibility index (Phi) is 5.76. The van der Waals surface area contributed by atoms with Gasteiger partial charge in [-0.05, 0) is 31.0 Å². The smallest absolute Gasteiger partial charge is 0.310 e. The van der Waals surface area contributed by atoms with Gasteiger partial charge in [0.05, 0.1) is 5.92 Å². The Morgan fingerprint density at radius 2 is 1.71 bits per heavy atom. The molecule has 0 aromatic heterocycles. The van der Waals surface area contributed by atoms with E-state index < -0.39 is 11.9 Å². The second-order valence-electron chi connectivity index (χ2n) is 5.92. The first kappa shape index (κ1) is 16.0. The molecule has 1 unspecified atom stereocenters. The molecule has 0 saturated carbocycles. The predicted octanol–water partition coefficient (Wildman–Crippen LogP) is 2.40. The number of hydrogen-bond acceptors (Lipinski definition) is 3. The maximum Gasteiger partial charge on any atom is 0.310 e. The van der Waals surface area contributed by atoms with Crippen molar-refractivity contribution in [1.29, 1.82) is 0 Å². The normalized spacial score (nSPS) is 18.6. The predicted molar refractivity (Wildman–Crippen MR) is 84.5 cm³/mol. The van der Waals surface area contributed by atoms with E-state index in [2.05, 4.69) is 28.9 Å². The molecule has 1 atom stereocenters. The summed E-state index contributed by atoms with van der Waals surface area (Å²) in [7, 11) is 0. The molecule has 1 aromatic rings. The third-order valence-corrected chi connectivity index (χ3v) is 4.26. The van der Waals surface area contributed by atoms with E-state index in [1.54, 1.807) is 6.92 Å². The van der Waals surface area contributed by atoms with Crippen LogP contribution in [-0.4, -0.2) is 53.6 Å². The molecule has 2 rings (SSSR count). The molecule has 4 heteroatoms. The van der Waals surface area contributed by atoms with Gasteiger partial charge in [0.2, 0.25) is 0 Å². The van der Waals surface area contributed by atoms with E-state index in [0.717, 1.165) is 38.3 Å². The zero-order valence-electron chi connectivity index (χ0n) is 13.1. The first-order chi connectivity index (χ1) is 10.1. The van der Waals surface area contributed by atoms with Gasteiger partial charge in [-0.3, -0.25) is 9.69 Å². The van der Waals surface area contributed by atoms with Crippen LogP contribution in [0, 0.1) is 0 Å². The largest absolute Gasteiger partial charge is 0.481 e. The van der Waals surface area contributed by atoms with Gasteiger partial charge >= 0.3 is 5.97 Å². The first-order valence-corrected chi connectivity index (χ1v) is 7.86. The molecular formula is C17H26N2O2. The second-order valence-corrected chi connectivity index (χ2v) is 5.92. The van der Waals surface area contributed by atoms with Gasteiger partial charge in [0.25, 0.3) is 0 Å². The molecule has 0 amide bonds. The molecule has 1 saturated heterocycles. The molecule has 4 nitrogen and oxygen atoms in total. The summed E-state index contributed by atoms with van der Waals surface area (Å²) < 4.78 is 0. The molecule has 1 N–H and O–H groups in total. The summed E-state index contributed by atoms with van der Waals surface area (Å²) in [5.41, 5.74) is 2.14. The molecule has 21 heavy (non-hydrogen) atoms. The van der Waals surface area contributed by atoms with Crippen LogP contribution in [0.1, 0.15) is 37.3 Å². The Balaban J connectivity index is 1.85. The molecule has 1 heterocycles. The zero-order valence-corrected chi connectivity index (χ0v) is 13.1. The van der Waals surface area contributed by atoms with Crippen LogP contribution >= 0.6 is 0 Å². The Labute approximate surface area is 127 Å². The monoisotopic (exact) mass is 290 g/mol. The molecule has 0 bridgehead atoms. The maximum atomic E-state index is 11.0. The topological polar surface area (TPSA) is 43.8 Å². The van der Waals surface area contributed by atoms with Crippen molar-refractivity contribution >= 4 is 5.97 Å². The van der Waals surface area contributed by atoms with Gasteiger partial charge in [-0.25, -0.2) is 0 Å². The molecular weight excluding hydrogens is 264 g/mol. The van der Waals surface area contributed by atoms with Gasteiger partial charge in [0.15, 0.2) is 0 Å². The fourth-order valence-electron chi connectivity index (χ4n) is 2.80. The van der Waals surface area contributed by atoms with Gasteiger partial charge in [0.1, 0.15) is 0 Å². The van der Waals surface area contributed by atoms with E-state index in [1.165, 1.54) is 18.5 Å². The Hall–Kier alpha value is -1.39. The minimum Gasteiger partial charge on any atom is -0.481 e.